The SMILES string of the molecule is CCn1nnc2cc(C(=O)Nc3ccc(C)cc3)ccc21. The standard InChI is InChI=1S/C16H16N4O/c1-3-20-15-9-6-12(10-14(15)18-19-20)16(21)17-13-7-4-11(2)5-8-13/h4-10H,3H2,1-2H3,(H,17,21). The van der Waals surface area contributed by atoms with Crippen LogP contribution in [-0.4, -0.2) is 20.9 Å². The quantitative estimate of drug-likeness (QED) is 0.802. The number of benzene rings is 2. The summed E-state index contributed by atoms with van der Waals surface area (Å²) in [6, 6.07) is 13.1. The third-order valence-corrected chi connectivity index (χ3v) is 3.39. The van der Waals surface area contributed by atoms with Crippen LogP contribution in [-0.2, 0) is 6.54 Å². The Morgan fingerprint density at radius 3 is 2.67 bits per heavy atom. The number of nitrogens with one attached hydrogen (secondary N) is 1. The van der Waals surface area contributed by atoms with Crippen LogP contribution in [0.2, 0.25) is 0 Å². The fraction of sp³-hybridized carbons (Fsp3) is 0.188. The van der Waals surface area contributed by atoms with E-state index in [1.807, 2.05) is 44.2 Å². The second kappa shape index (κ2) is 5.36. The minimum atomic E-state index is -0.146. The first-order chi connectivity index (χ1) is 10.2. The van der Waals surface area contributed by atoms with Gasteiger partial charge in [0.05, 0.1) is 5.52 Å². The molecule has 5 nitrogen and oxygen atoms in total. The number of fused-ring (bicyclic) bond motifs is 1. The van der Waals surface area contributed by atoms with E-state index in [4.69, 9.17) is 0 Å². The van der Waals surface area contributed by atoms with Gasteiger partial charge < -0.3 is 5.32 Å². The lowest BCUT2D eigenvalue weighted by Crippen LogP contribution is -2.11. The first-order valence-electron chi connectivity index (χ1n) is 6.88. The molecular weight excluding hydrogens is 264 g/mol. The highest BCUT2D eigenvalue weighted by Gasteiger charge is 2.10. The van der Waals surface area contributed by atoms with Crippen LogP contribution in [0.5, 0.6) is 0 Å². The van der Waals surface area contributed by atoms with Crippen molar-refractivity contribution in [2.24, 2.45) is 0 Å². The van der Waals surface area contributed by atoms with Crippen LogP contribution in [0, 0.1) is 6.92 Å². The minimum Gasteiger partial charge on any atom is -0.322 e. The zero-order valence-electron chi connectivity index (χ0n) is 12.0. The molecule has 21 heavy (non-hydrogen) atoms. The van der Waals surface area contributed by atoms with Crippen molar-refractivity contribution >= 4 is 22.6 Å². The number of rotatable bonds is 3. The van der Waals surface area contributed by atoms with Crippen molar-refractivity contribution in [2.45, 2.75) is 20.4 Å². The Hall–Kier alpha value is -2.69. The number of hydrogen-bond donors (Lipinski definition) is 1. The Balaban J connectivity index is 1.85. The number of carbonyl (C=O) groups is 1. The third-order valence-electron chi connectivity index (χ3n) is 3.39. The first kappa shape index (κ1) is 13.3. The molecule has 5 heteroatoms. The van der Waals surface area contributed by atoms with Gasteiger partial charge in [0, 0.05) is 17.8 Å². The summed E-state index contributed by atoms with van der Waals surface area (Å²) in [4.78, 5) is 12.3. The van der Waals surface area contributed by atoms with Crippen LogP contribution in [0.25, 0.3) is 11.0 Å². The van der Waals surface area contributed by atoms with Gasteiger partial charge in [0.1, 0.15) is 5.52 Å². The number of aryl methyl sites for hydroxylation is 2. The molecule has 0 aliphatic heterocycles. The predicted octanol–water partition coefficient (Wildman–Crippen LogP) is 3.01. The van der Waals surface area contributed by atoms with Crippen LogP contribution in [0.3, 0.4) is 0 Å². The molecule has 0 spiro atoms. The van der Waals surface area contributed by atoms with Gasteiger partial charge in [-0.05, 0) is 44.2 Å². The molecule has 0 saturated carbocycles. The van der Waals surface area contributed by atoms with Crippen LogP contribution in [0.15, 0.2) is 42.5 Å². The highest BCUT2D eigenvalue weighted by atomic mass is 16.1. The average molecular weight is 280 g/mol. The molecule has 0 fully saturated rings. The Morgan fingerprint density at radius 2 is 1.95 bits per heavy atom. The number of carbonyl (C=O) groups excluding carboxylic acids is 1. The molecule has 1 N–H and O–H groups in total. The summed E-state index contributed by atoms with van der Waals surface area (Å²) in [5.74, 6) is -0.146. The van der Waals surface area contributed by atoms with Gasteiger partial charge in [0.15, 0.2) is 0 Å². The van der Waals surface area contributed by atoms with Crippen molar-refractivity contribution in [3.63, 3.8) is 0 Å². The zero-order valence-corrected chi connectivity index (χ0v) is 12.0. The fourth-order valence-electron chi connectivity index (χ4n) is 2.19. The minimum absolute atomic E-state index is 0.146. The molecule has 2 aromatic carbocycles. The predicted molar refractivity (Wildman–Crippen MR) is 82.3 cm³/mol. The van der Waals surface area contributed by atoms with Crippen LogP contribution in [0.1, 0.15) is 22.8 Å². The van der Waals surface area contributed by atoms with E-state index in [1.165, 1.54) is 0 Å². The van der Waals surface area contributed by atoms with E-state index in [9.17, 15) is 4.79 Å². The lowest BCUT2D eigenvalue weighted by atomic mass is 10.1. The van der Waals surface area contributed by atoms with E-state index in [0.717, 1.165) is 28.8 Å². The normalized spacial score (nSPS) is 10.8. The summed E-state index contributed by atoms with van der Waals surface area (Å²) < 4.78 is 1.80. The summed E-state index contributed by atoms with van der Waals surface area (Å²) in [5, 5.41) is 11.0. The second-order valence-electron chi connectivity index (χ2n) is 4.93. The van der Waals surface area contributed by atoms with E-state index < -0.39 is 0 Å². The summed E-state index contributed by atoms with van der Waals surface area (Å²) in [6.45, 7) is 4.77. The third kappa shape index (κ3) is 2.63. The molecule has 0 radical (unpaired) electrons. The summed E-state index contributed by atoms with van der Waals surface area (Å²) in [7, 11) is 0. The van der Waals surface area contributed by atoms with E-state index in [1.54, 1.807) is 16.8 Å². The molecule has 0 unspecified atom stereocenters. The topological polar surface area (TPSA) is 59.8 Å². The smallest absolute Gasteiger partial charge is 0.255 e. The van der Waals surface area contributed by atoms with Gasteiger partial charge in [-0.2, -0.15) is 0 Å². The van der Waals surface area contributed by atoms with Crippen LogP contribution in [0.4, 0.5) is 5.69 Å². The molecule has 0 aliphatic rings. The van der Waals surface area contributed by atoms with Crippen molar-refractivity contribution in [1.82, 2.24) is 15.0 Å². The van der Waals surface area contributed by atoms with Gasteiger partial charge in [-0.25, -0.2) is 4.68 Å². The van der Waals surface area contributed by atoms with Crippen LogP contribution < -0.4 is 5.32 Å². The summed E-state index contributed by atoms with van der Waals surface area (Å²) in [5.41, 5.74) is 4.18. The maximum Gasteiger partial charge on any atom is 0.255 e. The van der Waals surface area contributed by atoms with E-state index in [-0.39, 0.29) is 5.91 Å². The van der Waals surface area contributed by atoms with Crippen molar-refractivity contribution in [3.05, 3.63) is 53.6 Å². The van der Waals surface area contributed by atoms with E-state index in [2.05, 4.69) is 15.6 Å². The van der Waals surface area contributed by atoms with Crippen molar-refractivity contribution < 1.29 is 4.79 Å². The lowest BCUT2D eigenvalue weighted by molar-refractivity contribution is 0.102. The van der Waals surface area contributed by atoms with Crippen molar-refractivity contribution in [2.75, 3.05) is 5.32 Å². The molecule has 0 bridgehead atoms. The van der Waals surface area contributed by atoms with Gasteiger partial charge >= 0.3 is 0 Å². The Bertz CT molecular complexity index is 790. The van der Waals surface area contributed by atoms with E-state index >= 15 is 0 Å². The maximum absolute atomic E-state index is 12.3. The maximum atomic E-state index is 12.3. The zero-order chi connectivity index (χ0) is 14.8. The second-order valence-corrected chi connectivity index (χ2v) is 4.93. The van der Waals surface area contributed by atoms with Gasteiger partial charge in [0.2, 0.25) is 0 Å². The highest BCUT2D eigenvalue weighted by molar-refractivity contribution is 6.05. The monoisotopic (exact) mass is 280 g/mol. The number of amides is 1. The highest BCUT2D eigenvalue weighted by Crippen LogP contribution is 2.15. The Labute approximate surface area is 122 Å². The molecule has 3 aromatic rings. The number of anilines is 1. The van der Waals surface area contributed by atoms with E-state index in [0.29, 0.717) is 5.56 Å². The molecule has 3 rings (SSSR count). The molecule has 106 valence electrons. The lowest BCUT2D eigenvalue weighted by Gasteiger charge is -2.05. The Kier molecular flexibility index (Phi) is 3.39. The van der Waals surface area contributed by atoms with Gasteiger partial charge in [0.25, 0.3) is 5.91 Å². The summed E-state index contributed by atoms with van der Waals surface area (Å²) >= 11 is 0. The largest absolute Gasteiger partial charge is 0.322 e. The van der Waals surface area contributed by atoms with Crippen LogP contribution >= 0.6 is 0 Å². The number of aromatic nitrogens is 3. The number of hydrogen-bond acceptors (Lipinski definition) is 3. The van der Waals surface area contributed by atoms with Crippen molar-refractivity contribution in [3.8, 4) is 0 Å². The molecule has 1 heterocycles. The Morgan fingerprint density at radius 1 is 1.19 bits per heavy atom. The average Bonchev–Trinajstić information content (AvgIpc) is 2.91. The summed E-state index contributed by atoms with van der Waals surface area (Å²) in [6.07, 6.45) is 0. The van der Waals surface area contributed by atoms with Gasteiger partial charge in [-0.15, -0.1) is 5.10 Å². The molecular formula is C16H16N4O. The van der Waals surface area contributed by atoms with Gasteiger partial charge in [-0.3, -0.25) is 4.79 Å². The number of nitrogens with zero attached hydrogens (tertiary/aromatic N) is 3. The van der Waals surface area contributed by atoms with Gasteiger partial charge in [-0.1, -0.05) is 22.9 Å². The van der Waals surface area contributed by atoms with Crippen molar-refractivity contribution in [1.29, 1.82) is 0 Å². The molecule has 1 amide bonds. The molecule has 1 aromatic heterocycles. The first-order valence-corrected chi connectivity index (χ1v) is 6.88. The molecule has 0 atom stereocenters. The fourth-order valence-corrected chi connectivity index (χ4v) is 2.19. The molecule has 0 aliphatic carbocycles. The molecule has 0 saturated heterocycles.